The van der Waals surface area contributed by atoms with Crippen LogP contribution in [0.25, 0.3) is 0 Å². The molecule has 0 aliphatic heterocycles. The molecule has 0 unspecified atom stereocenters. The van der Waals surface area contributed by atoms with E-state index in [9.17, 15) is 30.6 Å². The molecule has 0 spiro atoms. The summed E-state index contributed by atoms with van der Waals surface area (Å²) in [4.78, 5) is 0. The van der Waals surface area contributed by atoms with Crippen molar-refractivity contribution in [3.63, 3.8) is 0 Å². The Morgan fingerprint density at radius 1 is 0.583 bits per heavy atom. The van der Waals surface area contributed by atoms with Crippen LogP contribution in [0.3, 0.4) is 0 Å². The summed E-state index contributed by atoms with van der Waals surface area (Å²) in [6.07, 6.45) is 9.71. The zero-order valence-electron chi connectivity index (χ0n) is 24.5. The Balaban J connectivity index is 4.47. The lowest BCUT2D eigenvalue weighted by Crippen LogP contribution is -2.43. The lowest BCUT2D eigenvalue weighted by Gasteiger charge is -2.33. The maximum Gasteiger partial charge on any atom is 0.0880 e. The summed E-state index contributed by atoms with van der Waals surface area (Å²) in [5.74, 6) is 0. The second kappa shape index (κ2) is 15.6. The summed E-state index contributed by atoms with van der Waals surface area (Å²) in [5.41, 5.74) is -1.46. The van der Waals surface area contributed by atoms with Crippen molar-refractivity contribution in [1.82, 2.24) is 0 Å². The molecule has 0 rings (SSSR count). The molecule has 0 aliphatic rings. The molecule has 36 heavy (non-hydrogen) atoms. The van der Waals surface area contributed by atoms with Crippen LogP contribution < -0.4 is 0 Å². The summed E-state index contributed by atoms with van der Waals surface area (Å²) in [5, 5.41) is 62.2. The van der Waals surface area contributed by atoms with Gasteiger partial charge in [-0.1, -0.05) is 23.3 Å². The first-order valence-electron chi connectivity index (χ1n) is 13.8. The zero-order valence-corrected chi connectivity index (χ0v) is 24.5. The van der Waals surface area contributed by atoms with Crippen LogP contribution in [0.2, 0.25) is 0 Å². The average molecular weight is 515 g/mol. The van der Waals surface area contributed by atoms with Gasteiger partial charge < -0.3 is 30.6 Å². The summed E-state index contributed by atoms with van der Waals surface area (Å²) < 4.78 is 0. The monoisotopic (exact) mass is 514 g/mol. The number of allylic oxidation sites excluding steroid dienone is 4. The van der Waals surface area contributed by atoms with Gasteiger partial charge in [-0.25, -0.2) is 0 Å². The molecule has 0 aliphatic carbocycles. The van der Waals surface area contributed by atoms with Gasteiger partial charge in [-0.15, -0.1) is 0 Å². The molecule has 0 saturated heterocycles. The minimum Gasteiger partial charge on any atom is -0.390 e. The molecule has 0 heterocycles. The summed E-state index contributed by atoms with van der Waals surface area (Å²) in [7, 11) is 0. The maximum absolute atomic E-state index is 10.7. The van der Waals surface area contributed by atoms with Crippen molar-refractivity contribution in [3.8, 4) is 0 Å². The first-order chi connectivity index (χ1) is 16.3. The molecule has 0 fully saturated rings. The lowest BCUT2D eigenvalue weighted by atomic mass is 9.85. The van der Waals surface area contributed by atoms with Gasteiger partial charge >= 0.3 is 0 Å². The van der Waals surface area contributed by atoms with E-state index in [1.165, 1.54) is 11.1 Å². The molecule has 6 N–H and O–H groups in total. The van der Waals surface area contributed by atoms with E-state index < -0.39 is 34.6 Å². The predicted molar refractivity (Wildman–Crippen MR) is 149 cm³/mol. The fourth-order valence-electron chi connectivity index (χ4n) is 4.30. The zero-order chi connectivity index (χ0) is 28.2. The highest BCUT2D eigenvalue weighted by Gasteiger charge is 2.34. The Labute approximate surface area is 221 Å². The van der Waals surface area contributed by atoms with Crippen molar-refractivity contribution >= 4 is 0 Å². The molecular weight excluding hydrogens is 456 g/mol. The van der Waals surface area contributed by atoms with Crippen molar-refractivity contribution < 1.29 is 30.6 Å². The summed E-state index contributed by atoms with van der Waals surface area (Å²) >= 11 is 0. The Morgan fingerprint density at radius 3 is 1.17 bits per heavy atom. The summed E-state index contributed by atoms with van der Waals surface area (Å²) in [6, 6.07) is 0. The van der Waals surface area contributed by atoms with Crippen molar-refractivity contribution in [2.75, 3.05) is 0 Å². The third-order valence-corrected chi connectivity index (χ3v) is 7.16. The van der Waals surface area contributed by atoms with Crippen LogP contribution in [0.4, 0.5) is 0 Å². The standard InChI is InChI=1S/C30H58O6/c1-23(13-9-19-27(3,4)33)15-11-21-29(7,35)25(31)17-18-26(32)30(8,36)22-12-16-24(2)14-10-20-28(5,6)34/h15-16,25-26,31-36H,9-14,17-22H2,1-8H3/b23-15+,24-16+/t25-,26-,29+,30+/m0/s1. The van der Waals surface area contributed by atoms with Gasteiger partial charge in [0, 0.05) is 0 Å². The van der Waals surface area contributed by atoms with Crippen molar-refractivity contribution in [1.29, 1.82) is 0 Å². The molecule has 0 amide bonds. The fourth-order valence-corrected chi connectivity index (χ4v) is 4.30. The predicted octanol–water partition coefficient (Wildman–Crippen LogP) is 5.33. The van der Waals surface area contributed by atoms with Crippen LogP contribution in [-0.2, 0) is 0 Å². The lowest BCUT2D eigenvalue weighted by molar-refractivity contribution is -0.0960. The Bertz CT molecular complexity index is 606. The van der Waals surface area contributed by atoms with E-state index in [0.29, 0.717) is 25.7 Å². The molecule has 6 nitrogen and oxygen atoms in total. The van der Waals surface area contributed by atoms with Crippen LogP contribution >= 0.6 is 0 Å². The highest BCUT2D eigenvalue weighted by molar-refractivity contribution is 5.00. The maximum atomic E-state index is 10.7. The molecule has 0 bridgehead atoms. The van der Waals surface area contributed by atoms with Crippen molar-refractivity contribution in [2.45, 2.75) is 167 Å². The molecule has 0 aromatic rings. The fraction of sp³-hybridized carbons (Fsp3) is 0.867. The van der Waals surface area contributed by atoms with E-state index in [-0.39, 0.29) is 12.8 Å². The van der Waals surface area contributed by atoms with E-state index in [1.807, 2.05) is 41.5 Å². The van der Waals surface area contributed by atoms with Crippen LogP contribution in [0.1, 0.15) is 132 Å². The highest BCUT2D eigenvalue weighted by Crippen LogP contribution is 2.27. The first kappa shape index (κ1) is 35.2. The molecule has 0 saturated carbocycles. The number of aliphatic hydroxyl groups excluding tert-OH is 2. The van der Waals surface area contributed by atoms with Crippen LogP contribution in [0.15, 0.2) is 23.3 Å². The van der Waals surface area contributed by atoms with Crippen LogP contribution in [0.5, 0.6) is 0 Å². The average Bonchev–Trinajstić information content (AvgIpc) is 2.69. The number of rotatable bonds is 19. The van der Waals surface area contributed by atoms with Crippen molar-refractivity contribution in [3.05, 3.63) is 23.3 Å². The molecule has 0 aromatic carbocycles. The molecule has 214 valence electrons. The van der Waals surface area contributed by atoms with Gasteiger partial charge in [-0.3, -0.25) is 0 Å². The SMILES string of the molecule is C/C(=C\CC[C@@](C)(O)[C@@H](O)CC[C@H](O)[C@](C)(O)CC/C=C(\C)CCCC(C)(C)O)CCCC(C)(C)O. The van der Waals surface area contributed by atoms with Gasteiger partial charge in [0.15, 0.2) is 0 Å². The molecule has 0 aromatic heterocycles. The topological polar surface area (TPSA) is 121 Å². The Hall–Kier alpha value is -0.760. The van der Waals surface area contributed by atoms with E-state index in [4.69, 9.17) is 0 Å². The van der Waals surface area contributed by atoms with Crippen LogP contribution in [-0.4, -0.2) is 65.3 Å². The Kier molecular flexibility index (Phi) is 15.3. The van der Waals surface area contributed by atoms with Gasteiger partial charge in [-0.05, 0) is 132 Å². The number of aliphatic hydroxyl groups is 6. The normalized spacial score (nSPS) is 19.1. The van der Waals surface area contributed by atoms with Gasteiger partial charge in [0.2, 0.25) is 0 Å². The molecular formula is C30H58O6. The molecule has 6 heteroatoms. The minimum absolute atomic E-state index is 0.199. The molecule has 4 atom stereocenters. The third kappa shape index (κ3) is 17.7. The number of hydrogen-bond acceptors (Lipinski definition) is 6. The van der Waals surface area contributed by atoms with Gasteiger partial charge in [0.1, 0.15) is 0 Å². The van der Waals surface area contributed by atoms with Crippen molar-refractivity contribution in [2.24, 2.45) is 0 Å². The number of hydrogen-bond donors (Lipinski definition) is 6. The minimum atomic E-state index is -1.28. The quantitative estimate of drug-likeness (QED) is 0.130. The summed E-state index contributed by atoms with van der Waals surface area (Å²) in [6.45, 7) is 14.5. The smallest absolute Gasteiger partial charge is 0.0880 e. The molecule has 0 radical (unpaired) electrons. The largest absolute Gasteiger partial charge is 0.390 e. The van der Waals surface area contributed by atoms with E-state index in [2.05, 4.69) is 12.2 Å². The second-order valence-corrected chi connectivity index (χ2v) is 12.8. The van der Waals surface area contributed by atoms with Gasteiger partial charge in [0.05, 0.1) is 34.6 Å². The second-order valence-electron chi connectivity index (χ2n) is 12.8. The Morgan fingerprint density at radius 2 is 0.889 bits per heavy atom. The first-order valence-corrected chi connectivity index (χ1v) is 13.8. The van der Waals surface area contributed by atoms with E-state index in [0.717, 1.165) is 38.5 Å². The van der Waals surface area contributed by atoms with E-state index in [1.54, 1.807) is 13.8 Å². The van der Waals surface area contributed by atoms with Gasteiger partial charge in [-0.2, -0.15) is 0 Å². The van der Waals surface area contributed by atoms with E-state index >= 15 is 0 Å². The van der Waals surface area contributed by atoms with Gasteiger partial charge in [0.25, 0.3) is 0 Å². The van der Waals surface area contributed by atoms with Crippen LogP contribution in [0, 0.1) is 0 Å². The highest BCUT2D eigenvalue weighted by atomic mass is 16.3. The third-order valence-electron chi connectivity index (χ3n) is 7.16.